The number of rotatable bonds is 1. The van der Waals surface area contributed by atoms with Crippen molar-refractivity contribution >= 4 is 12.0 Å². The maximum atomic E-state index is 13.4. The lowest BCUT2D eigenvalue weighted by molar-refractivity contribution is -0.127. The Morgan fingerprint density at radius 2 is 2.14 bits per heavy atom. The van der Waals surface area contributed by atoms with E-state index < -0.39 is 0 Å². The number of hydrogen-bond donors (Lipinski definition) is 1. The summed E-state index contributed by atoms with van der Waals surface area (Å²) in [6.45, 7) is 4.38. The second-order valence-corrected chi connectivity index (χ2v) is 9.58. The zero-order valence-electron chi connectivity index (χ0n) is 16.8. The van der Waals surface area contributed by atoms with E-state index in [1.165, 1.54) is 11.1 Å². The van der Waals surface area contributed by atoms with Gasteiger partial charge in [0.05, 0.1) is 5.70 Å². The third-order valence-corrected chi connectivity index (χ3v) is 7.85. The van der Waals surface area contributed by atoms with Gasteiger partial charge in [0.15, 0.2) is 5.78 Å². The van der Waals surface area contributed by atoms with Gasteiger partial charge in [0.2, 0.25) is 0 Å². The minimum atomic E-state index is -0.215. The number of nitrogens with zero attached hydrogens (tertiary/aromatic N) is 1. The van der Waals surface area contributed by atoms with Gasteiger partial charge in [-0.1, -0.05) is 26.0 Å². The zero-order valence-corrected chi connectivity index (χ0v) is 16.8. The Balaban J connectivity index is 1.46. The van der Waals surface area contributed by atoms with E-state index in [0.717, 1.165) is 49.8 Å². The van der Waals surface area contributed by atoms with Crippen LogP contribution in [0.3, 0.4) is 0 Å². The number of hydrogen-bond acceptors (Lipinski definition) is 3. The summed E-state index contributed by atoms with van der Waals surface area (Å²) in [6, 6.07) is 5.90. The predicted octanol–water partition coefficient (Wildman–Crippen LogP) is 5.35. The van der Waals surface area contributed by atoms with Gasteiger partial charge in [0, 0.05) is 11.6 Å². The SMILES string of the molecule is CC1C=NC(/C=C2\CC3C4CCc5cc(O)ccc5C4CC[C@]3(C)C2=O)=CC1. The zero-order chi connectivity index (χ0) is 19.5. The van der Waals surface area contributed by atoms with E-state index in [1.54, 1.807) is 0 Å². The molecular weight excluding hydrogens is 346 g/mol. The quantitative estimate of drug-likeness (QED) is 0.673. The molecule has 0 bridgehead atoms. The molecule has 1 heterocycles. The van der Waals surface area contributed by atoms with Crippen molar-refractivity contribution in [2.75, 3.05) is 0 Å². The number of aliphatic imine (C=N–C) groups is 1. The van der Waals surface area contributed by atoms with Crippen molar-refractivity contribution in [3.8, 4) is 5.75 Å². The summed E-state index contributed by atoms with van der Waals surface area (Å²) < 4.78 is 0. The van der Waals surface area contributed by atoms with Gasteiger partial charge in [-0.2, -0.15) is 0 Å². The summed E-state index contributed by atoms with van der Waals surface area (Å²) in [5, 5.41) is 9.85. The largest absolute Gasteiger partial charge is 0.508 e. The van der Waals surface area contributed by atoms with Crippen LogP contribution in [-0.4, -0.2) is 17.1 Å². The van der Waals surface area contributed by atoms with E-state index in [4.69, 9.17) is 0 Å². The van der Waals surface area contributed by atoms with Crippen LogP contribution in [0.5, 0.6) is 5.75 Å². The van der Waals surface area contributed by atoms with Gasteiger partial charge in [-0.05, 0) is 97.1 Å². The third kappa shape index (κ3) is 2.70. The number of allylic oxidation sites excluding steroid dienone is 3. The molecule has 5 atom stereocenters. The topological polar surface area (TPSA) is 49.7 Å². The summed E-state index contributed by atoms with van der Waals surface area (Å²) in [5.41, 5.74) is 4.45. The van der Waals surface area contributed by atoms with Crippen molar-refractivity contribution in [1.82, 2.24) is 0 Å². The van der Waals surface area contributed by atoms with Crippen LogP contribution in [-0.2, 0) is 11.2 Å². The Hall–Kier alpha value is -2.16. The molecule has 5 rings (SSSR count). The number of carbonyl (C=O) groups excluding carboxylic acids is 1. The number of aryl methyl sites for hydroxylation is 1. The molecule has 0 amide bonds. The molecule has 0 radical (unpaired) electrons. The second-order valence-electron chi connectivity index (χ2n) is 9.58. The Kier molecular flexibility index (Phi) is 4.12. The van der Waals surface area contributed by atoms with E-state index >= 15 is 0 Å². The monoisotopic (exact) mass is 375 g/mol. The normalized spacial score (nSPS) is 38.0. The Morgan fingerprint density at radius 3 is 2.93 bits per heavy atom. The number of fused-ring (bicyclic) bond motifs is 5. The number of phenolic OH excluding ortho intramolecular Hbond substituents is 1. The van der Waals surface area contributed by atoms with Gasteiger partial charge in [0.25, 0.3) is 0 Å². The summed E-state index contributed by atoms with van der Waals surface area (Å²) >= 11 is 0. The van der Waals surface area contributed by atoms with E-state index in [2.05, 4.69) is 37.1 Å². The minimum absolute atomic E-state index is 0.215. The molecule has 0 saturated heterocycles. The van der Waals surface area contributed by atoms with Gasteiger partial charge in [-0.3, -0.25) is 9.79 Å². The first-order valence-corrected chi connectivity index (χ1v) is 10.8. The van der Waals surface area contributed by atoms with Crippen molar-refractivity contribution in [3.63, 3.8) is 0 Å². The lowest BCUT2D eigenvalue weighted by atomic mass is 9.55. The number of carbonyl (C=O) groups is 1. The fourth-order valence-electron chi connectivity index (χ4n) is 6.28. The molecule has 1 N–H and O–H groups in total. The number of benzene rings is 1. The smallest absolute Gasteiger partial charge is 0.165 e. The molecule has 2 fully saturated rings. The maximum absolute atomic E-state index is 13.4. The number of Topliss-reactive ketones (excluding diaryl/α,β-unsaturated/α-hetero) is 1. The van der Waals surface area contributed by atoms with E-state index in [9.17, 15) is 9.90 Å². The fraction of sp³-hybridized carbons (Fsp3) is 0.520. The molecule has 1 aromatic carbocycles. The molecular formula is C25H29NO2. The standard InChI is InChI=1S/C25H29NO2/c1-15-3-5-18(26-14-15)11-17-13-23-22-7-4-16-12-19(27)6-8-20(16)21(22)9-10-25(23,2)24(17)28/h5-6,8,11-12,14-15,21-23,27H,3-4,7,9-10,13H2,1-2H3/b17-11+/t15?,21?,22?,23?,25-/m0/s1. The van der Waals surface area contributed by atoms with Crippen LogP contribution < -0.4 is 0 Å². The van der Waals surface area contributed by atoms with Crippen LogP contribution in [0.25, 0.3) is 0 Å². The molecule has 2 saturated carbocycles. The number of ketones is 1. The molecule has 3 nitrogen and oxygen atoms in total. The summed E-state index contributed by atoms with van der Waals surface area (Å²) in [7, 11) is 0. The van der Waals surface area contributed by atoms with E-state index in [-0.39, 0.29) is 5.41 Å². The molecule has 3 heteroatoms. The maximum Gasteiger partial charge on any atom is 0.165 e. The van der Waals surface area contributed by atoms with Crippen molar-refractivity contribution in [2.24, 2.45) is 28.2 Å². The summed E-state index contributed by atoms with van der Waals surface area (Å²) in [6.07, 6.45) is 12.3. The van der Waals surface area contributed by atoms with Crippen LogP contribution in [0.4, 0.5) is 0 Å². The van der Waals surface area contributed by atoms with Crippen molar-refractivity contribution in [2.45, 2.75) is 58.3 Å². The molecule has 1 aliphatic heterocycles. The highest BCUT2D eigenvalue weighted by Crippen LogP contribution is 2.60. The molecule has 146 valence electrons. The lowest BCUT2D eigenvalue weighted by Gasteiger charge is -2.48. The van der Waals surface area contributed by atoms with Gasteiger partial charge >= 0.3 is 0 Å². The van der Waals surface area contributed by atoms with E-state index in [1.807, 2.05) is 18.3 Å². The highest BCUT2D eigenvalue weighted by Gasteiger charge is 2.56. The summed E-state index contributed by atoms with van der Waals surface area (Å²) in [4.78, 5) is 17.9. The molecule has 4 aliphatic rings. The predicted molar refractivity (Wildman–Crippen MR) is 112 cm³/mol. The highest BCUT2D eigenvalue weighted by atomic mass is 16.3. The minimum Gasteiger partial charge on any atom is -0.508 e. The molecule has 0 spiro atoms. The van der Waals surface area contributed by atoms with Crippen molar-refractivity contribution in [3.05, 3.63) is 52.7 Å². The summed E-state index contributed by atoms with van der Waals surface area (Å²) in [5.74, 6) is 2.75. The fourth-order valence-corrected chi connectivity index (χ4v) is 6.28. The lowest BCUT2D eigenvalue weighted by Crippen LogP contribution is -2.42. The molecule has 28 heavy (non-hydrogen) atoms. The third-order valence-electron chi connectivity index (χ3n) is 7.85. The first-order valence-electron chi connectivity index (χ1n) is 10.8. The van der Waals surface area contributed by atoms with E-state index in [0.29, 0.717) is 35.2 Å². The van der Waals surface area contributed by atoms with Gasteiger partial charge < -0.3 is 5.11 Å². The van der Waals surface area contributed by atoms with Crippen molar-refractivity contribution < 1.29 is 9.90 Å². The van der Waals surface area contributed by atoms with Crippen LogP contribution in [0, 0.1) is 23.2 Å². The van der Waals surface area contributed by atoms with Crippen LogP contribution in [0.1, 0.15) is 63.0 Å². The number of aromatic hydroxyl groups is 1. The number of phenols is 1. The Labute approximate surface area is 167 Å². The van der Waals surface area contributed by atoms with Crippen LogP contribution in [0.2, 0.25) is 0 Å². The molecule has 4 unspecified atom stereocenters. The second kappa shape index (κ2) is 6.43. The first-order chi connectivity index (χ1) is 13.5. The van der Waals surface area contributed by atoms with Gasteiger partial charge in [-0.15, -0.1) is 0 Å². The van der Waals surface area contributed by atoms with Crippen LogP contribution in [0.15, 0.2) is 46.6 Å². The van der Waals surface area contributed by atoms with Gasteiger partial charge in [-0.25, -0.2) is 0 Å². The molecule has 0 aromatic heterocycles. The highest BCUT2D eigenvalue weighted by molar-refractivity contribution is 6.03. The van der Waals surface area contributed by atoms with Crippen LogP contribution >= 0.6 is 0 Å². The molecule has 3 aliphatic carbocycles. The Bertz CT molecular complexity index is 924. The molecule has 1 aromatic rings. The average molecular weight is 376 g/mol. The van der Waals surface area contributed by atoms with Crippen molar-refractivity contribution in [1.29, 1.82) is 0 Å². The average Bonchev–Trinajstić information content (AvgIpc) is 2.94. The van der Waals surface area contributed by atoms with Gasteiger partial charge in [0.1, 0.15) is 5.75 Å². The first kappa shape index (κ1) is 17.9. The Morgan fingerprint density at radius 1 is 1.29 bits per heavy atom.